The van der Waals surface area contributed by atoms with Crippen molar-refractivity contribution in [1.29, 1.82) is 0 Å². The number of ether oxygens (including phenoxy) is 11. The van der Waals surface area contributed by atoms with E-state index >= 15 is 0 Å². The van der Waals surface area contributed by atoms with Gasteiger partial charge in [-0.15, -0.1) is 0 Å². The normalized spacial score (nSPS) is 30.9. The maximum Gasteiger partial charge on any atom is 0.303 e. The second-order valence-corrected chi connectivity index (χ2v) is 17.9. The molecule has 0 amide bonds. The Labute approximate surface area is 274 Å². The monoisotopic (exact) mass is 696 g/mol. The van der Waals surface area contributed by atoms with Gasteiger partial charge in [-0.05, 0) is 6.04 Å². The van der Waals surface area contributed by atoms with E-state index in [1.165, 1.54) is 7.11 Å². The third kappa shape index (κ3) is 13.4. The smallest absolute Gasteiger partial charge is 0.303 e. The molecule has 270 valence electrons. The number of hydrogen-bond acceptors (Lipinski definition) is 17. The zero-order chi connectivity index (χ0) is 35.5. The van der Waals surface area contributed by atoms with Gasteiger partial charge in [0.15, 0.2) is 37.0 Å². The zero-order valence-electron chi connectivity index (χ0n) is 28.3. The topological polar surface area (TPSA) is 207 Å². The van der Waals surface area contributed by atoms with Crippen molar-refractivity contribution in [2.75, 3.05) is 33.7 Å². The number of aliphatic hydroxyl groups is 1. The summed E-state index contributed by atoms with van der Waals surface area (Å²) in [6.07, 6.45) is -14.3. The van der Waals surface area contributed by atoms with E-state index < -0.39 is 106 Å². The molecule has 2 fully saturated rings. The highest BCUT2D eigenvalue weighted by Gasteiger charge is 2.56. The minimum atomic E-state index is -1.81. The van der Waals surface area contributed by atoms with Gasteiger partial charge in [0.1, 0.15) is 37.8 Å². The Kier molecular flexibility index (Phi) is 16.1. The van der Waals surface area contributed by atoms with E-state index in [4.69, 9.17) is 52.1 Å². The van der Waals surface area contributed by atoms with E-state index in [0.29, 0.717) is 0 Å². The maximum atomic E-state index is 12.4. The lowest BCUT2D eigenvalue weighted by molar-refractivity contribution is -0.361. The summed E-state index contributed by atoms with van der Waals surface area (Å²) >= 11 is 0. The molecule has 1 N–H and O–H groups in total. The van der Waals surface area contributed by atoms with Crippen molar-refractivity contribution in [2.45, 2.75) is 122 Å². The Morgan fingerprint density at radius 1 is 0.660 bits per heavy atom. The molecule has 2 heterocycles. The van der Waals surface area contributed by atoms with E-state index in [2.05, 4.69) is 19.6 Å². The molecule has 17 nitrogen and oxygen atoms in total. The molecule has 0 spiro atoms. The summed E-state index contributed by atoms with van der Waals surface area (Å²) in [5, 5.41) is 11.4. The molecule has 0 unspecified atom stereocenters. The lowest BCUT2D eigenvalue weighted by atomic mass is 9.96. The summed E-state index contributed by atoms with van der Waals surface area (Å²) in [6, 6.07) is 0.732. The molecule has 0 aromatic heterocycles. The van der Waals surface area contributed by atoms with Crippen molar-refractivity contribution in [3.05, 3.63) is 0 Å². The molecule has 0 radical (unpaired) electrons. The van der Waals surface area contributed by atoms with Gasteiger partial charge in [-0.3, -0.25) is 24.0 Å². The van der Waals surface area contributed by atoms with Gasteiger partial charge >= 0.3 is 29.8 Å². The Balaban J connectivity index is 2.56. The minimum absolute atomic E-state index is 0.162. The lowest BCUT2D eigenvalue weighted by Crippen LogP contribution is -2.66. The second kappa shape index (κ2) is 18.7. The zero-order valence-corrected chi connectivity index (χ0v) is 29.3. The highest BCUT2D eigenvalue weighted by atomic mass is 28.3. The number of carbonyl (C=O) groups is 5. The van der Waals surface area contributed by atoms with Crippen LogP contribution in [0, 0.1) is 0 Å². The van der Waals surface area contributed by atoms with Crippen LogP contribution >= 0.6 is 0 Å². The van der Waals surface area contributed by atoms with E-state index in [1.807, 2.05) is 0 Å². The van der Waals surface area contributed by atoms with Crippen LogP contribution in [0.2, 0.25) is 25.7 Å². The van der Waals surface area contributed by atoms with Gasteiger partial charge in [0.2, 0.25) is 0 Å². The molecule has 0 saturated carbocycles. The van der Waals surface area contributed by atoms with Crippen molar-refractivity contribution in [3.8, 4) is 0 Å². The number of esters is 5. The van der Waals surface area contributed by atoms with Gasteiger partial charge in [0.25, 0.3) is 0 Å². The van der Waals surface area contributed by atoms with Crippen molar-refractivity contribution < 1.29 is 81.2 Å². The fourth-order valence-corrected chi connectivity index (χ4v) is 5.57. The highest BCUT2D eigenvalue weighted by molar-refractivity contribution is 6.76. The van der Waals surface area contributed by atoms with Crippen LogP contribution in [0.3, 0.4) is 0 Å². The fraction of sp³-hybridized carbons (Fsp3) is 0.828. The van der Waals surface area contributed by atoms with E-state index in [-0.39, 0.29) is 20.0 Å². The third-order valence-corrected chi connectivity index (χ3v) is 8.48. The van der Waals surface area contributed by atoms with Gasteiger partial charge in [0, 0.05) is 56.4 Å². The molecule has 0 aliphatic carbocycles. The summed E-state index contributed by atoms with van der Waals surface area (Å²) < 4.78 is 61.8. The molecular weight excluding hydrogens is 648 g/mol. The van der Waals surface area contributed by atoms with Crippen LogP contribution in [0.4, 0.5) is 0 Å². The minimum Gasteiger partial charge on any atom is -0.463 e. The lowest BCUT2D eigenvalue weighted by Gasteiger charge is -2.48. The first kappa shape index (κ1) is 40.5. The predicted molar refractivity (Wildman–Crippen MR) is 159 cm³/mol. The summed E-state index contributed by atoms with van der Waals surface area (Å²) in [5.41, 5.74) is 0. The summed E-state index contributed by atoms with van der Waals surface area (Å²) in [5.74, 6) is -3.85. The third-order valence-electron chi connectivity index (χ3n) is 6.77. The quantitative estimate of drug-likeness (QED) is 0.0764. The number of methoxy groups -OCH3 is 1. The van der Waals surface area contributed by atoms with Crippen LogP contribution in [0.5, 0.6) is 0 Å². The molecule has 2 aliphatic heterocycles. The summed E-state index contributed by atoms with van der Waals surface area (Å²) in [7, 11) is -0.167. The Morgan fingerprint density at radius 3 is 1.70 bits per heavy atom. The number of rotatable bonds is 16. The molecule has 0 aromatic carbocycles. The standard InChI is InChI=1S/C29H48O17Si/c1-15(30)39-13-21-23(40-16(2)31)25(41-17(3)32)22(35)28(44-21)46-24-20(12-37-14-36-6)45-29(38-10-11-47(7,8)9)27(43-19(5)34)26(24)42-18(4)33/h20-29,35H,10-14H2,1-9H3/t20-,21-,22-,23+,24+,25-,26+,27-,28-,29-/m1/s1. The van der Waals surface area contributed by atoms with Crippen LogP contribution in [0.1, 0.15) is 34.6 Å². The average molecular weight is 697 g/mol. The van der Waals surface area contributed by atoms with Crippen LogP contribution in [0.25, 0.3) is 0 Å². The Morgan fingerprint density at radius 2 is 1.17 bits per heavy atom. The Bertz CT molecular complexity index is 1060. The largest absolute Gasteiger partial charge is 0.463 e. The van der Waals surface area contributed by atoms with Crippen LogP contribution in [-0.4, -0.2) is 138 Å². The first-order valence-electron chi connectivity index (χ1n) is 15.1. The van der Waals surface area contributed by atoms with Crippen LogP contribution in [-0.2, 0) is 76.1 Å². The SMILES string of the molecule is COCOC[C@H]1O[C@@H](OCC[Si](C)(C)C)[C@H](OC(C)=O)[C@@H](OC(C)=O)[C@H]1O[C@H]1O[C@H](COC(C)=O)[C@H](OC(C)=O)[C@H](OC(C)=O)[C@H]1O. The van der Waals surface area contributed by atoms with Gasteiger partial charge in [-0.2, -0.15) is 0 Å². The average Bonchev–Trinajstić information content (AvgIpc) is 2.93. The van der Waals surface area contributed by atoms with Gasteiger partial charge in [-0.25, -0.2) is 0 Å². The van der Waals surface area contributed by atoms with Crippen molar-refractivity contribution in [1.82, 2.24) is 0 Å². The summed E-state index contributed by atoms with van der Waals surface area (Å²) in [6.45, 7) is 11.4. The molecule has 0 bridgehead atoms. The fourth-order valence-electron chi connectivity index (χ4n) is 4.84. The van der Waals surface area contributed by atoms with Crippen LogP contribution in [0.15, 0.2) is 0 Å². The van der Waals surface area contributed by atoms with E-state index in [0.717, 1.165) is 40.7 Å². The molecule has 0 aromatic rings. The second-order valence-electron chi connectivity index (χ2n) is 12.2. The molecule has 2 aliphatic rings. The van der Waals surface area contributed by atoms with Gasteiger partial charge in [-0.1, -0.05) is 19.6 Å². The van der Waals surface area contributed by atoms with E-state index in [1.54, 1.807) is 0 Å². The first-order chi connectivity index (χ1) is 21.9. The number of carbonyl (C=O) groups excluding carboxylic acids is 5. The predicted octanol–water partition coefficient (Wildman–Crippen LogP) is 0.448. The van der Waals surface area contributed by atoms with E-state index in [9.17, 15) is 29.1 Å². The van der Waals surface area contributed by atoms with Crippen LogP contribution < -0.4 is 0 Å². The molecule has 10 atom stereocenters. The molecule has 2 rings (SSSR count). The Hall–Kier alpha value is -2.71. The molecule has 18 heteroatoms. The van der Waals surface area contributed by atoms with Gasteiger partial charge in [0.05, 0.1) is 6.61 Å². The summed E-state index contributed by atoms with van der Waals surface area (Å²) in [4.78, 5) is 60.3. The first-order valence-corrected chi connectivity index (χ1v) is 18.8. The highest BCUT2D eigenvalue weighted by Crippen LogP contribution is 2.34. The molecular formula is C29H48O17Si. The molecule has 47 heavy (non-hydrogen) atoms. The maximum absolute atomic E-state index is 12.4. The van der Waals surface area contributed by atoms with Gasteiger partial charge < -0.3 is 57.2 Å². The van der Waals surface area contributed by atoms with Crippen molar-refractivity contribution in [3.63, 3.8) is 0 Å². The van der Waals surface area contributed by atoms with Crippen molar-refractivity contribution in [2.24, 2.45) is 0 Å². The van der Waals surface area contributed by atoms with Crippen molar-refractivity contribution >= 4 is 37.9 Å². The molecule has 2 saturated heterocycles. The number of aliphatic hydroxyl groups excluding tert-OH is 1. The number of hydrogen-bond donors (Lipinski definition) is 1.